The molecule has 0 saturated carbocycles. The van der Waals surface area contributed by atoms with Crippen LogP contribution in [-0.4, -0.2) is 41.8 Å². The minimum Gasteiger partial charge on any atom is -0.490 e. The molecule has 2 amide bonds. The average molecular weight is 485 g/mol. The molecule has 10 heteroatoms. The molecule has 1 fully saturated rings. The summed E-state index contributed by atoms with van der Waals surface area (Å²) in [5.41, 5.74) is 1.51. The first kappa shape index (κ1) is 23.6. The number of anilines is 2. The molecule has 2 aromatic carbocycles. The van der Waals surface area contributed by atoms with Crippen LogP contribution in [0.4, 0.5) is 11.7 Å². The first-order chi connectivity index (χ1) is 16.5. The number of aromatic nitrogens is 2. The molecule has 1 aromatic heterocycles. The third-order valence-corrected chi connectivity index (χ3v) is 5.52. The Hall–Kier alpha value is -3.59. The topological polar surface area (TPSA) is 107 Å². The molecule has 1 atom stereocenters. The number of carbonyl (C=O) groups is 2. The fourth-order valence-corrected chi connectivity index (χ4v) is 3.87. The lowest BCUT2D eigenvalue weighted by Gasteiger charge is -2.16. The van der Waals surface area contributed by atoms with Gasteiger partial charge in [0.1, 0.15) is 0 Å². The minimum absolute atomic E-state index is 0.00615. The summed E-state index contributed by atoms with van der Waals surface area (Å²) in [7, 11) is 0. The standard InChI is InChI=1S/C24H25ClN4O5/c1-3-32-19-10-5-15(11-20(19)33-4-2)12-21(30)26-24-28-27-23(34-24)16-13-22(31)29(14-16)18-8-6-17(25)7-9-18/h5-11,16H,3-4,12-14H2,1-2H3,(H,26,28,30). The van der Waals surface area contributed by atoms with Crippen molar-refractivity contribution in [3.63, 3.8) is 0 Å². The van der Waals surface area contributed by atoms with Crippen molar-refractivity contribution >= 4 is 35.1 Å². The average Bonchev–Trinajstić information content (AvgIpc) is 3.43. The molecule has 9 nitrogen and oxygen atoms in total. The molecule has 1 saturated heterocycles. The van der Waals surface area contributed by atoms with Gasteiger partial charge in [-0.05, 0) is 55.8 Å². The summed E-state index contributed by atoms with van der Waals surface area (Å²) in [6.07, 6.45) is 0.334. The lowest BCUT2D eigenvalue weighted by atomic mass is 10.1. The minimum atomic E-state index is -0.313. The smallest absolute Gasteiger partial charge is 0.322 e. The molecule has 3 aromatic rings. The summed E-state index contributed by atoms with van der Waals surface area (Å²) in [5, 5.41) is 11.2. The molecule has 4 rings (SSSR count). The predicted octanol–water partition coefficient (Wildman–Crippen LogP) is 4.22. The SMILES string of the molecule is CCOc1ccc(CC(=O)Nc2nnc(C3CC(=O)N(c4ccc(Cl)cc4)C3)o2)cc1OCC. The van der Waals surface area contributed by atoms with Crippen LogP contribution in [0.5, 0.6) is 11.5 Å². The second-order valence-corrected chi connectivity index (χ2v) is 8.14. The zero-order valence-corrected chi connectivity index (χ0v) is 19.7. The maximum Gasteiger partial charge on any atom is 0.322 e. The number of halogens is 1. The van der Waals surface area contributed by atoms with Crippen molar-refractivity contribution in [3.05, 3.63) is 58.9 Å². The second-order valence-electron chi connectivity index (χ2n) is 7.70. The monoisotopic (exact) mass is 484 g/mol. The normalized spacial score (nSPS) is 15.4. The van der Waals surface area contributed by atoms with Gasteiger partial charge in [-0.2, -0.15) is 0 Å². The Kier molecular flexibility index (Phi) is 7.32. The number of carbonyl (C=O) groups excluding carboxylic acids is 2. The molecule has 0 bridgehead atoms. The van der Waals surface area contributed by atoms with E-state index in [1.807, 2.05) is 19.9 Å². The van der Waals surface area contributed by atoms with Gasteiger partial charge >= 0.3 is 6.01 Å². The number of hydrogen-bond donors (Lipinski definition) is 1. The molecule has 178 valence electrons. The summed E-state index contributed by atoms with van der Waals surface area (Å²) in [5.74, 6) is 0.907. The van der Waals surface area contributed by atoms with E-state index < -0.39 is 0 Å². The first-order valence-corrected chi connectivity index (χ1v) is 11.4. The largest absolute Gasteiger partial charge is 0.490 e. The van der Waals surface area contributed by atoms with Crippen molar-refractivity contribution in [2.75, 3.05) is 30.0 Å². The molecule has 34 heavy (non-hydrogen) atoms. The van der Waals surface area contributed by atoms with E-state index in [4.69, 9.17) is 25.5 Å². The lowest BCUT2D eigenvalue weighted by molar-refractivity contribution is -0.117. The van der Waals surface area contributed by atoms with Gasteiger partial charge in [-0.25, -0.2) is 0 Å². The third kappa shape index (κ3) is 5.48. The molecule has 2 heterocycles. The number of nitrogens with zero attached hydrogens (tertiary/aromatic N) is 3. The zero-order chi connectivity index (χ0) is 24.1. The molecular weight excluding hydrogens is 460 g/mol. The van der Waals surface area contributed by atoms with Crippen molar-refractivity contribution < 1.29 is 23.5 Å². The number of ether oxygens (including phenoxy) is 2. The van der Waals surface area contributed by atoms with E-state index in [0.717, 1.165) is 11.3 Å². The van der Waals surface area contributed by atoms with Gasteiger partial charge in [0.05, 0.1) is 25.6 Å². The second kappa shape index (κ2) is 10.6. The van der Waals surface area contributed by atoms with Gasteiger partial charge < -0.3 is 18.8 Å². The van der Waals surface area contributed by atoms with E-state index in [-0.39, 0.29) is 36.6 Å². The first-order valence-electron chi connectivity index (χ1n) is 11.0. The molecule has 1 N–H and O–H groups in total. The van der Waals surface area contributed by atoms with Crippen molar-refractivity contribution in [1.29, 1.82) is 0 Å². The summed E-state index contributed by atoms with van der Waals surface area (Å²) in [6.45, 7) is 5.19. The molecule has 1 unspecified atom stereocenters. The summed E-state index contributed by atoms with van der Waals surface area (Å²) in [4.78, 5) is 26.7. The van der Waals surface area contributed by atoms with Crippen molar-refractivity contribution in [2.45, 2.75) is 32.6 Å². The van der Waals surface area contributed by atoms with E-state index >= 15 is 0 Å². The van der Waals surface area contributed by atoms with Gasteiger partial charge in [0.2, 0.25) is 17.7 Å². The van der Waals surface area contributed by atoms with Crippen molar-refractivity contribution in [1.82, 2.24) is 10.2 Å². The fourth-order valence-electron chi connectivity index (χ4n) is 3.75. The number of amides is 2. The van der Waals surface area contributed by atoms with Crippen LogP contribution in [0.3, 0.4) is 0 Å². The molecule has 0 radical (unpaired) electrons. The highest BCUT2D eigenvalue weighted by molar-refractivity contribution is 6.30. The molecule has 1 aliphatic heterocycles. The Morgan fingerprint density at radius 2 is 1.85 bits per heavy atom. The number of nitrogens with one attached hydrogen (secondary N) is 1. The van der Waals surface area contributed by atoms with Crippen LogP contribution >= 0.6 is 11.6 Å². The quantitative estimate of drug-likeness (QED) is 0.484. The van der Waals surface area contributed by atoms with Crippen LogP contribution in [-0.2, 0) is 16.0 Å². The number of hydrogen-bond acceptors (Lipinski definition) is 7. The number of rotatable bonds is 9. The van der Waals surface area contributed by atoms with Crippen molar-refractivity contribution in [3.8, 4) is 11.5 Å². The highest BCUT2D eigenvalue weighted by Crippen LogP contribution is 2.32. The highest BCUT2D eigenvalue weighted by atomic mass is 35.5. The predicted molar refractivity (Wildman–Crippen MR) is 127 cm³/mol. The van der Waals surface area contributed by atoms with Crippen LogP contribution in [0.2, 0.25) is 5.02 Å². The van der Waals surface area contributed by atoms with E-state index in [1.54, 1.807) is 41.3 Å². The lowest BCUT2D eigenvalue weighted by Crippen LogP contribution is -2.24. The Morgan fingerprint density at radius 3 is 2.59 bits per heavy atom. The molecule has 1 aliphatic rings. The van der Waals surface area contributed by atoms with Gasteiger partial charge in [0.25, 0.3) is 0 Å². The van der Waals surface area contributed by atoms with E-state index in [9.17, 15) is 9.59 Å². The molecule has 0 spiro atoms. The molecule has 0 aliphatic carbocycles. The summed E-state index contributed by atoms with van der Waals surface area (Å²) < 4.78 is 16.8. The zero-order valence-electron chi connectivity index (χ0n) is 18.9. The van der Waals surface area contributed by atoms with Crippen LogP contribution < -0.4 is 19.7 Å². The Labute approximate surface area is 202 Å². The van der Waals surface area contributed by atoms with Crippen LogP contribution in [0.1, 0.15) is 37.6 Å². The van der Waals surface area contributed by atoms with E-state index in [0.29, 0.717) is 42.2 Å². The van der Waals surface area contributed by atoms with E-state index in [2.05, 4.69) is 15.5 Å². The Bertz CT molecular complexity index is 1160. The Balaban J connectivity index is 1.37. The summed E-state index contributed by atoms with van der Waals surface area (Å²) in [6, 6.07) is 12.4. The van der Waals surface area contributed by atoms with Gasteiger partial charge in [-0.15, -0.1) is 5.10 Å². The van der Waals surface area contributed by atoms with Crippen LogP contribution in [0.15, 0.2) is 46.9 Å². The fraction of sp³-hybridized carbons (Fsp3) is 0.333. The van der Waals surface area contributed by atoms with Crippen molar-refractivity contribution in [2.24, 2.45) is 0 Å². The number of benzene rings is 2. The summed E-state index contributed by atoms with van der Waals surface area (Å²) >= 11 is 5.93. The van der Waals surface area contributed by atoms with Gasteiger partial charge in [-0.1, -0.05) is 22.8 Å². The van der Waals surface area contributed by atoms with E-state index in [1.165, 1.54) is 0 Å². The maximum atomic E-state index is 12.5. The van der Waals surface area contributed by atoms with Gasteiger partial charge in [0, 0.05) is 23.7 Å². The highest BCUT2D eigenvalue weighted by Gasteiger charge is 2.35. The maximum absolute atomic E-state index is 12.5. The van der Waals surface area contributed by atoms with Crippen LogP contribution in [0.25, 0.3) is 0 Å². The van der Waals surface area contributed by atoms with Crippen LogP contribution in [0, 0.1) is 0 Å². The molecular formula is C24H25ClN4O5. The Morgan fingerprint density at radius 1 is 1.12 bits per heavy atom. The third-order valence-electron chi connectivity index (χ3n) is 5.27. The van der Waals surface area contributed by atoms with Gasteiger partial charge in [0.15, 0.2) is 11.5 Å². The van der Waals surface area contributed by atoms with Gasteiger partial charge in [-0.3, -0.25) is 14.9 Å².